The Hall–Kier alpha value is -3.35. The van der Waals surface area contributed by atoms with Crippen LogP contribution in [0.25, 0.3) is 11.1 Å². The van der Waals surface area contributed by atoms with Crippen LogP contribution in [-0.4, -0.2) is 23.1 Å². The fourth-order valence-corrected chi connectivity index (χ4v) is 2.32. The van der Waals surface area contributed by atoms with Crippen LogP contribution in [0.2, 0.25) is 0 Å². The lowest BCUT2D eigenvalue weighted by Crippen LogP contribution is -2.25. The lowest BCUT2D eigenvalue weighted by molar-refractivity contribution is -0.147. The number of aryl methyl sites for hydroxylation is 1. The maximum atomic E-state index is 11.9. The SMILES string of the molecule is Cc1ccc(NC(=O)COC(=O)Cn2c(=O)oc3ccccc32)cc1. The number of carbonyl (C=O) groups is 2. The smallest absolute Gasteiger partial charge is 0.420 e. The summed E-state index contributed by atoms with van der Waals surface area (Å²) in [5, 5.41) is 2.62. The zero-order valence-electron chi connectivity index (χ0n) is 13.5. The van der Waals surface area contributed by atoms with Gasteiger partial charge < -0.3 is 14.5 Å². The van der Waals surface area contributed by atoms with Crippen LogP contribution in [0.15, 0.2) is 57.7 Å². The minimum absolute atomic E-state index is 0.326. The van der Waals surface area contributed by atoms with Gasteiger partial charge in [0.15, 0.2) is 12.2 Å². The highest BCUT2D eigenvalue weighted by molar-refractivity contribution is 5.92. The zero-order chi connectivity index (χ0) is 17.8. The van der Waals surface area contributed by atoms with E-state index in [2.05, 4.69) is 5.32 Å². The van der Waals surface area contributed by atoms with Crippen LogP contribution in [0.1, 0.15) is 5.56 Å². The number of nitrogens with one attached hydrogen (secondary N) is 1. The van der Waals surface area contributed by atoms with Crippen molar-refractivity contribution in [3.8, 4) is 0 Å². The number of fused-ring (bicyclic) bond motifs is 1. The molecule has 2 aromatic carbocycles. The van der Waals surface area contributed by atoms with Crippen molar-refractivity contribution in [3.63, 3.8) is 0 Å². The van der Waals surface area contributed by atoms with Crippen LogP contribution >= 0.6 is 0 Å². The summed E-state index contributed by atoms with van der Waals surface area (Å²) in [7, 11) is 0. The van der Waals surface area contributed by atoms with Gasteiger partial charge in [-0.1, -0.05) is 29.8 Å². The highest BCUT2D eigenvalue weighted by Crippen LogP contribution is 2.12. The molecule has 1 heterocycles. The van der Waals surface area contributed by atoms with Crippen molar-refractivity contribution in [2.45, 2.75) is 13.5 Å². The van der Waals surface area contributed by atoms with Crippen molar-refractivity contribution in [1.82, 2.24) is 4.57 Å². The predicted molar refractivity (Wildman–Crippen MR) is 91.2 cm³/mol. The minimum atomic E-state index is -0.701. The Balaban J connectivity index is 1.57. The molecule has 1 amide bonds. The van der Waals surface area contributed by atoms with Crippen LogP contribution in [0.4, 0.5) is 5.69 Å². The summed E-state index contributed by atoms with van der Waals surface area (Å²) in [4.78, 5) is 35.5. The fraction of sp³-hybridized carbons (Fsp3) is 0.167. The topological polar surface area (TPSA) is 90.5 Å². The predicted octanol–water partition coefficient (Wildman–Crippen LogP) is 2.08. The van der Waals surface area contributed by atoms with Crippen LogP contribution < -0.4 is 11.1 Å². The van der Waals surface area contributed by atoms with Gasteiger partial charge in [0.25, 0.3) is 5.91 Å². The Bertz CT molecular complexity index is 969. The number of ether oxygens (including phenoxy) is 1. The van der Waals surface area contributed by atoms with Gasteiger partial charge in [0.05, 0.1) is 5.52 Å². The average Bonchev–Trinajstić information content (AvgIpc) is 2.91. The van der Waals surface area contributed by atoms with Crippen LogP contribution in [0.5, 0.6) is 0 Å². The third kappa shape index (κ3) is 3.95. The summed E-state index contributed by atoms with van der Waals surface area (Å²) >= 11 is 0. The normalized spacial score (nSPS) is 10.6. The second kappa shape index (κ2) is 7.04. The Morgan fingerprint density at radius 3 is 2.60 bits per heavy atom. The second-order valence-corrected chi connectivity index (χ2v) is 5.50. The summed E-state index contributed by atoms with van der Waals surface area (Å²) in [6.45, 7) is 1.18. The van der Waals surface area contributed by atoms with Gasteiger partial charge >= 0.3 is 11.7 Å². The maximum Gasteiger partial charge on any atom is 0.420 e. The number of rotatable bonds is 5. The molecule has 0 atom stereocenters. The van der Waals surface area contributed by atoms with Crippen molar-refractivity contribution in [2.75, 3.05) is 11.9 Å². The van der Waals surface area contributed by atoms with Crippen LogP contribution in [0.3, 0.4) is 0 Å². The van der Waals surface area contributed by atoms with E-state index in [0.29, 0.717) is 16.8 Å². The van der Waals surface area contributed by atoms with Crippen molar-refractivity contribution in [3.05, 3.63) is 64.6 Å². The first-order valence-electron chi connectivity index (χ1n) is 7.63. The van der Waals surface area contributed by atoms with E-state index in [1.807, 2.05) is 19.1 Å². The molecular weight excluding hydrogens is 324 g/mol. The molecule has 1 aromatic heterocycles. The number of benzene rings is 2. The number of esters is 1. The zero-order valence-corrected chi connectivity index (χ0v) is 13.5. The molecule has 0 radical (unpaired) electrons. The molecule has 0 saturated carbocycles. The van der Waals surface area contributed by atoms with Crippen molar-refractivity contribution >= 4 is 28.7 Å². The number of anilines is 1. The van der Waals surface area contributed by atoms with E-state index in [4.69, 9.17) is 9.15 Å². The van der Waals surface area contributed by atoms with Crippen LogP contribution in [-0.2, 0) is 20.9 Å². The van der Waals surface area contributed by atoms with E-state index in [1.165, 1.54) is 0 Å². The van der Waals surface area contributed by atoms with Gasteiger partial charge in [-0.05, 0) is 31.2 Å². The van der Waals surface area contributed by atoms with Gasteiger partial charge in [-0.2, -0.15) is 0 Å². The highest BCUT2D eigenvalue weighted by atomic mass is 16.5. The third-order valence-corrected chi connectivity index (χ3v) is 3.56. The number of carbonyl (C=O) groups excluding carboxylic acids is 2. The molecule has 1 N–H and O–H groups in total. The first-order chi connectivity index (χ1) is 12.0. The molecule has 3 rings (SSSR count). The van der Waals surface area contributed by atoms with Crippen molar-refractivity contribution in [2.24, 2.45) is 0 Å². The largest absolute Gasteiger partial charge is 0.454 e. The first-order valence-corrected chi connectivity index (χ1v) is 7.63. The highest BCUT2D eigenvalue weighted by Gasteiger charge is 2.14. The Kier molecular flexibility index (Phi) is 4.65. The number of para-hydroxylation sites is 2. The van der Waals surface area contributed by atoms with Crippen molar-refractivity contribution < 1.29 is 18.7 Å². The molecule has 7 heteroatoms. The Labute approximate surface area is 142 Å². The molecule has 0 spiro atoms. The molecule has 128 valence electrons. The molecule has 0 unspecified atom stereocenters. The number of nitrogens with zero attached hydrogens (tertiary/aromatic N) is 1. The maximum absolute atomic E-state index is 11.9. The molecule has 0 saturated heterocycles. The molecule has 3 aromatic rings. The number of aromatic nitrogens is 1. The van der Waals surface area contributed by atoms with Gasteiger partial charge in [0.1, 0.15) is 6.54 Å². The summed E-state index contributed by atoms with van der Waals surface area (Å²) < 4.78 is 11.1. The number of hydrogen-bond donors (Lipinski definition) is 1. The molecule has 25 heavy (non-hydrogen) atoms. The summed E-state index contributed by atoms with van der Waals surface area (Å²) in [6, 6.07) is 14.0. The Morgan fingerprint density at radius 1 is 1.12 bits per heavy atom. The number of hydrogen-bond acceptors (Lipinski definition) is 5. The van der Waals surface area contributed by atoms with Gasteiger partial charge in [-0.15, -0.1) is 0 Å². The van der Waals surface area contributed by atoms with Gasteiger partial charge in [0, 0.05) is 5.69 Å². The summed E-state index contributed by atoms with van der Waals surface area (Å²) in [5.74, 6) is -1.81. The van der Waals surface area contributed by atoms with Crippen LogP contribution in [0, 0.1) is 6.92 Å². The number of oxazole rings is 1. The number of amides is 1. The lowest BCUT2D eigenvalue weighted by atomic mass is 10.2. The van der Waals surface area contributed by atoms with Crippen molar-refractivity contribution in [1.29, 1.82) is 0 Å². The van der Waals surface area contributed by atoms with Gasteiger partial charge in [-0.25, -0.2) is 4.79 Å². The van der Waals surface area contributed by atoms with E-state index < -0.39 is 24.2 Å². The summed E-state index contributed by atoms with van der Waals surface area (Å²) in [5.41, 5.74) is 2.57. The molecule has 0 fully saturated rings. The minimum Gasteiger partial charge on any atom is -0.454 e. The standard InChI is InChI=1S/C18H16N2O5/c1-12-6-8-13(9-7-12)19-16(21)11-24-17(22)10-20-14-4-2-3-5-15(14)25-18(20)23/h2-9H,10-11H2,1H3,(H,19,21). The summed E-state index contributed by atoms with van der Waals surface area (Å²) in [6.07, 6.45) is 0. The van der Waals surface area contributed by atoms with E-state index in [0.717, 1.165) is 10.1 Å². The molecule has 0 aliphatic heterocycles. The fourth-order valence-electron chi connectivity index (χ4n) is 2.32. The van der Waals surface area contributed by atoms with Gasteiger partial charge in [-0.3, -0.25) is 14.2 Å². The van der Waals surface area contributed by atoms with E-state index >= 15 is 0 Å². The van der Waals surface area contributed by atoms with E-state index in [1.54, 1.807) is 36.4 Å². The third-order valence-electron chi connectivity index (χ3n) is 3.56. The monoisotopic (exact) mass is 340 g/mol. The molecule has 7 nitrogen and oxygen atoms in total. The molecule has 0 bridgehead atoms. The first kappa shape index (κ1) is 16.5. The average molecular weight is 340 g/mol. The van der Waals surface area contributed by atoms with Gasteiger partial charge in [0.2, 0.25) is 0 Å². The molecular formula is C18H16N2O5. The Morgan fingerprint density at radius 2 is 1.84 bits per heavy atom. The quantitative estimate of drug-likeness (QED) is 0.718. The second-order valence-electron chi connectivity index (χ2n) is 5.50. The van der Waals surface area contributed by atoms with E-state index in [-0.39, 0.29) is 6.54 Å². The molecule has 0 aliphatic carbocycles. The molecule has 0 aliphatic rings. The van der Waals surface area contributed by atoms with E-state index in [9.17, 15) is 14.4 Å². The lowest BCUT2D eigenvalue weighted by Gasteiger charge is -2.07.